The predicted molar refractivity (Wildman–Crippen MR) is 96.4 cm³/mol. The van der Waals surface area contributed by atoms with Crippen LogP contribution in [0, 0.1) is 5.92 Å². The normalized spacial score (nSPS) is 22.6. The molecule has 0 saturated carbocycles. The second-order valence-electron chi connectivity index (χ2n) is 7.10. The summed E-state index contributed by atoms with van der Waals surface area (Å²) in [6.07, 6.45) is 4.26. The number of hydrogen-bond donors (Lipinski definition) is 0. The van der Waals surface area contributed by atoms with Gasteiger partial charge in [0.05, 0.1) is 12.1 Å². The average Bonchev–Trinajstić information content (AvgIpc) is 3.00. The first kappa shape index (κ1) is 16.8. The van der Waals surface area contributed by atoms with Crippen molar-refractivity contribution in [2.45, 2.75) is 32.2 Å². The van der Waals surface area contributed by atoms with Crippen LogP contribution in [0.4, 0.5) is 0 Å². The molecule has 3 aliphatic rings. The maximum Gasteiger partial charge on any atom is 0.259 e. The van der Waals surface area contributed by atoms with E-state index in [2.05, 4.69) is 12.1 Å². The molecule has 0 unspecified atom stereocenters. The average molecular weight is 353 g/mol. The van der Waals surface area contributed by atoms with E-state index in [-0.39, 0.29) is 23.8 Å². The number of piperidine rings is 1. The van der Waals surface area contributed by atoms with Crippen LogP contribution in [0.3, 0.4) is 0 Å². The summed E-state index contributed by atoms with van der Waals surface area (Å²) in [4.78, 5) is 29.7. The first-order chi connectivity index (χ1) is 12.7. The van der Waals surface area contributed by atoms with E-state index in [0.717, 1.165) is 31.4 Å². The largest absolute Gasteiger partial charge is 0.355 e. The topological polar surface area (TPSA) is 66.7 Å². The van der Waals surface area contributed by atoms with Gasteiger partial charge in [-0.05, 0) is 19.3 Å². The van der Waals surface area contributed by atoms with Gasteiger partial charge in [-0.2, -0.15) is 0 Å². The smallest absolute Gasteiger partial charge is 0.259 e. The van der Waals surface area contributed by atoms with Crippen LogP contribution in [0.1, 0.15) is 36.5 Å². The third-order valence-electron chi connectivity index (χ3n) is 5.38. The van der Waals surface area contributed by atoms with Crippen LogP contribution in [-0.2, 0) is 4.79 Å². The monoisotopic (exact) mass is 353 g/mol. The summed E-state index contributed by atoms with van der Waals surface area (Å²) in [7, 11) is 0. The van der Waals surface area contributed by atoms with Crippen LogP contribution in [0.5, 0.6) is 0 Å². The number of fused-ring (bicyclic) bond motifs is 4. The predicted octanol–water partition coefficient (Wildman–Crippen LogP) is 2.81. The number of hydrogen-bond acceptors (Lipinski definition) is 4. The number of carbonyl (C=O) groups excluding carboxylic acids is 2. The second-order valence-corrected chi connectivity index (χ2v) is 7.10. The van der Waals surface area contributed by atoms with Gasteiger partial charge in [-0.1, -0.05) is 42.4 Å². The van der Waals surface area contributed by atoms with E-state index in [1.165, 1.54) is 6.20 Å². The summed E-state index contributed by atoms with van der Waals surface area (Å²) < 4.78 is 5.37. The van der Waals surface area contributed by atoms with Crippen molar-refractivity contribution in [2.75, 3.05) is 19.6 Å². The molecule has 6 nitrogen and oxygen atoms in total. The van der Waals surface area contributed by atoms with E-state index in [1.807, 2.05) is 40.1 Å². The maximum absolute atomic E-state index is 13.2. The summed E-state index contributed by atoms with van der Waals surface area (Å²) in [6.45, 7) is 3.91. The highest BCUT2D eigenvalue weighted by Gasteiger charge is 2.42. The summed E-state index contributed by atoms with van der Waals surface area (Å²) in [5, 5.41) is 3.85. The van der Waals surface area contributed by atoms with Gasteiger partial charge in [-0.15, -0.1) is 0 Å². The summed E-state index contributed by atoms with van der Waals surface area (Å²) >= 11 is 0. The first-order valence-corrected chi connectivity index (χ1v) is 9.29. The molecule has 3 aliphatic heterocycles. The molecule has 6 heteroatoms. The van der Waals surface area contributed by atoms with Crippen molar-refractivity contribution in [3.8, 4) is 11.3 Å². The molecule has 1 aromatic heterocycles. The van der Waals surface area contributed by atoms with Crippen LogP contribution in [0.25, 0.3) is 11.3 Å². The van der Waals surface area contributed by atoms with Crippen molar-refractivity contribution in [3.05, 3.63) is 42.1 Å². The lowest BCUT2D eigenvalue weighted by atomic mass is 9.94. The molecule has 3 saturated heterocycles. The standard InChI is InChI=1S/C20H23N3O3/c1-2-10-23-16-9-8-15(19(23)24)12-22(13-16)20(25)17-11-21-26-18(17)14-6-4-3-5-7-14/h3-7,11,15-16H,2,8-10,12-13H2,1H3/t15-,16+/m1/s1. The second kappa shape index (κ2) is 6.94. The highest BCUT2D eigenvalue weighted by molar-refractivity contribution is 5.99. The Morgan fingerprint density at radius 2 is 2.04 bits per heavy atom. The first-order valence-electron chi connectivity index (χ1n) is 9.29. The number of nitrogens with zero attached hydrogens (tertiary/aromatic N) is 3. The van der Waals surface area contributed by atoms with Crippen molar-refractivity contribution in [1.29, 1.82) is 0 Å². The molecule has 3 fully saturated rings. The van der Waals surface area contributed by atoms with E-state index in [9.17, 15) is 9.59 Å². The molecule has 2 amide bonds. The van der Waals surface area contributed by atoms with Crippen LogP contribution in [0.15, 0.2) is 41.1 Å². The molecule has 136 valence electrons. The van der Waals surface area contributed by atoms with Crippen molar-refractivity contribution >= 4 is 11.8 Å². The van der Waals surface area contributed by atoms with Gasteiger partial charge in [0.25, 0.3) is 5.91 Å². The molecule has 0 spiro atoms. The zero-order valence-electron chi connectivity index (χ0n) is 14.9. The fourth-order valence-electron chi connectivity index (χ4n) is 4.10. The van der Waals surface area contributed by atoms with Gasteiger partial charge in [-0.25, -0.2) is 0 Å². The molecular weight excluding hydrogens is 330 g/mol. The zero-order valence-corrected chi connectivity index (χ0v) is 14.9. The molecule has 0 radical (unpaired) electrons. The van der Waals surface area contributed by atoms with E-state index in [1.54, 1.807) is 0 Å². The van der Waals surface area contributed by atoms with Crippen molar-refractivity contribution in [1.82, 2.24) is 15.0 Å². The lowest BCUT2D eigenvalue weighted by Gasteiger charge is -2.35. The fraction of sp³-hybridized carbons (Fsp3) is 0.450. The van der Waals surface area contributed by atoms with Crippen LogP contribution in [-0.4, -0.2) is 52.4 Å². The van der Waals surface area contributed by atoms with E-state index in [4.69, 9.17) is 4.52 Å². The Labute approximate surface area is 152 Å². The van der Waals surface area contributed by atoms with Crippen LogP contribution in [0.2, 0.25) is 0 Å². The van der Waals surface area contributed by atoms with Crippen LogP contribution < -0.4 is 0 Å². The highest BCUT2D eigenvalue weighted by Crippen LogP contribution is 2.31. The Kier molecular flexibility index (Phi) is 4.49. The Morgan fingerprint density at radius 1 is 1.23 bits per heavy atom. The fourth-order valence-corrected chi connectivity index (χ4v) is 4.10. The minimum Gasteiger partial charge on any atom is -0.355 e. The summed E-state index contributed by atoms with van der Waals surface area (Å²) in [5.74, 6) is 0.494. The molecule has 2 aromatic rings. The van der Waals surface area contributed by atoms with E-state index < -0.39 is 0 Å². The quantitative estimate of drug-likeness (QED) is 0.848. The Hall–Kier alpha value is -2.63. The third kappa shape index (κ3) is 2.89. The minimum absolute atomic E-state index is 0.0933. The Balaban J connectivity index is 1.61. The number of rotatable bonds is 4. The molecule has 4 heterocycles. The minimum atomic E-state index is -0.104. The molecule has 2 bridgehead atoms. The molecule has 5 rings (SSSR count). The SMILES string of the molecule is CCCN1C(=O)[C@@H]2CC[C@H]1CN(C(=O)c1cnoc1-c1ccccc1)C2. The number of aromatic nitrogens is 1. The Bertz CT molecular complexity index is 802. The zero-order chi connectivity index (χ0) is 18.1. The highest BCUT2D eigenvalue weighted by atomic mass is 16.5. The summed E-state index contributed by atoms with van der Waals surface area (Å²) in [5.41, 5.74) is 1.29. The van der Waals surface area contributed by atoms with Gasteiger partial charge in [0.2, 0.25) is 5.91 Å². The molecular formula is C20H23N3O3. The van der Waals surface area contributed by atoms with Gasteiger partial charge in [0, 0.05) is 31.2 Å². The van der Waals surface area contributed by atoms with Crippen molar-refractivity contribution in [2.24, 2.45) is 5.92 Å². The molecule has 0 N–H and O–H groups in total. The number of benzene rings is 1. The number of amides is 2. The van der Waals surface area contributed by atoms with E-state index >= 15 is 0 Å². The number of carbonyl (C=O) groups is 2. The summed E-state index contributed by atoms with van der Waals surface area (Å²) in [6, 6.07) is 9.64. The molecule has 0 aliphatic carbocycles. The van der Waals surface area contributed by atoms with Crippen molar-refractivity contribution < 1.29 is 14.1 Å². The van der Waals surface area contributed by atoms with Crippen molar-refractivity contribution in [3.63, 3.8) is 0 Å². The van der Waals surface area contributed by atoms with Gasteiger partial charge in [0.15, 0.2) is 5.76 Å². The third-order valence-corrected chi connectivity index (χ3v) is 5.38. The van der Waals surface area contributed by atoms with Gasteiger partial charge < -0.3 is 14.3 Å². The van der Waals surface area contributed by atoms with Gasteiger partial charge >= 0.3 is 0 Å². The molecule has 2 atom stereocenters. The molecule has 1 aromatic carbocycles. The van der Waals surface area contributed by atoms with Gasteiger partial charge in [-0.3, -0.25) is 9.59 Å². The lowest BCUT2D eigenvalue weighted by Crippen LogP contribution is -2.48. The molecule has 26 heavy (non-hydrogen) atoms. The maximum atomic E-state index is 13.2. The lowest BCUT2D eigenvalue weighted by molar-refractivity contribution is -0.139. The Morgan fingerprint density at radius 3 is 2.81 bits per heavy atom. The van der Waals surface area contributed by atoms with Gasteiger partial charge in [0.1, 0.15) is 5.56 Å². The van der Waals surface area contributed by atoms with E-state index in [0.29, 0.717) is 24.4 Å². The van der Waals surface area contributed by atoms with Crippen LogP contribution >= 0.6 is 0 Å².